The molecule has 0 bridgehead atoms. The molecule has 0 radical (unpaired) electrons. The van der Waals surface area contributed by atoms with Crippen LogP contribution in [0, 0.1) is 5.92 Å². The summed E-state index contributed by atoms with van der Waals surface area (Å²) >= 11 is 0. The molecule has 1 saturated heterocycles. The van der Waals surface area contributed by atoms with Gasteiger partial charge in [-0.25, -0.2) is 9.78 Å². The topological polar surface area (TPSA) is 55.8 Å². The third-order valence-corrected chi connectivity index (χ3v) is 3.37. The third kappa shape index (κ3) is 4.37. The Hall–Kier alpha value is -0.450. The van der Waals surface area contributed by atoms with E-state index in [1.165, 1.54) is 33.1 Å². The smallest absolute Gasteiger partial charge is 0.206 e. The van der Waals surface area contributed by atoms with E-state index in [2.05, 4.69) is 6.92 Å². The largest absolute Gasteiger partial charge is 0.363 e. The first-order valence-corrected chi connectivity index (χ1v) is 6.54. The molecule has 100 valence electrons. The first-order valence-electron chi connectivity index (χ1n) is 6.54. The van der Waals surface area contributed by atoms with Crippen molar-refractivity contribution in [3.05, 3.63) is 0 Å². The fraction of sp³-hybridized carbons (Fsp3) is 0.923. The molecule has 1 heterocycles. The van der Waals surface area contributed by atoms with Crippen LogP contribution >= 0.6 is 0 Å². The van der Waals surface area contributed by atoms with Crippen molar-refractivity contribution in [1.82, 2.24) is 0 Å². The van der Waals surface area contributed by atoms with Crippen LogP contribution in [0.2, 0.25) is 0 Å². The monoisotopic (exact) mass is 244 g/mol. The quantitative estimate of drug-likeness (QED) is 0.576. The summed E-state index contributed by atoms with van der Waals surface area (Å²) < 4.78 is 0. The number of hydrogen-bond acceptors (Lipinski definition) is 4. The number of aliphatic hydroxyl groups is 1. The molecule has 0 amide bonds. The molecular weight excluding hydrogens is 220 g/mol. The molecule has 1 aliphatic rings. The van der Waals surface area contributed by atoms with Crippen molar-refractivity contribution in [3.63, 3.8) is 0 Å². The first-order chi connectivity index (χ1) is 7.97. The number of hydrogen-bond donors (Lipinski definition) is 1. The van der Waals surface area contributed by atoms with Crippen molar-refractivity contribution < 1.29 is 19.7 Å². The van der Waals surface area contributed by atoms with E-state index >= 15 is 0 Å². The van der Waals surface area contributed by atoms with Gasteiger partial charge >= 0.3 is 0 Å². The molecule has 0 aromatic rings. The standard InChI is InChI=1S/C13H24O4/c1-4-5-6-7-8-11-9-12(10(2)14)13(3,15)17-16-11/h11-12,15H,4-9H2,1-3H3. The van der Waals surface area contributed by atoms with Crippen molar-refractivity contribution in [3.8, 4) is 0 Å². The van der Waals surface area contributed by atoms with Gasteiger partial charge in [0.25, 0.3) is 0 Å². The Labute approximate surface area is 103 Å². The van der Waals surface area contributed by atoms with Crippen LogP contribution in [-0.2, 0) is 14.6 Å². The summed E-state index contributed by atoms with van der Waals surface area (Å²) in [6.07, 6.45) is 6.05. The minimum absolute atomic E-state index is 0.0446. The van der Waals surface area contributed by atoms with Crippen LogP contribution in [0.5, 0.6) is 0 Å². The average Bonchev–Trinajstić information content (AvgIpc) is 2.25. The summed E-state index contributed by atoms with van der Waals surface area (Å²) in [5.74, 6) is -2.00. The van der Waals surface area contributed by atoms with E-state index < -0.39 is 11.7 Å². The molecule has 0 aromatic carbocycles. The van der Waals surface area contributed by atoms with Gasteiger partial charge in [0.1, 0.15) is 5.78 Å². The Balaban J connectivity index is 2.38. The highest BCUT2D eigenvalue weighted by molar-refractivity contribution is 5.79. The molecule has 1 aliphatic heterocycles. The number of carbonyl (C=O) groups is 1. The van der Waals surface area contributed by atoms with Crippen molar-refractivity contribution in [1.29, 1.82) is 0 Å². The Morgan fingerprint density at radius 3 is 2.71 bits per heavy atom. The van der Waals surface area contributed by atoms with E-state index in [9.17, 15) is 9.90 Å². The number of ketones is 1. The number of carbonyl (C=O) groups excluding carboxylic acids is 1. The molecule has 1 fully saturated rings. The summed E-state index contributed by atoms with van der Waals surface area (Å²) in [7, 11) is 0. The average molecular weight is 244 g/mol. The van der Waals surface area contributed by atoms with Gasteiger partial charge in [-0.15, -0.1) is 0 Å². The lowest BCUT2D eigenvalue weighted by molar-refractivity contribution is -0.466. The first kappa shape index (κ1) is 14.6. The summed E-state index contributed by atoms with van der Waals surface area (Å²) in [6, 6.07) is 0. The molecule has 1 rings (SSSR count). The zero-order chi connectivity index (χ0) is 12.9. The lowest BCUT2D eigenvalue weighted by atomic mass is 9.87. The van der Waals surface area contributed by atoms with Crippen LogP contribution in [0.1, 0.15) is 59.3 Å². The fourth-order valence-corrected chi connectivity index (χ4v) is 2.25. The van der Waals surface area contributed by atoms with Gasteiger partial charge in [0.15, 0.2) is 0 Å². The van der Waals surface area contributed by atoms with Crippen LogP contribution < -0.4 is 0 Å². The van der Waals surface area contributed by atoms with E-state index in [0.717, 1.165) is 12.8 Å². The van der Waals surface area contributed by atoms with Crippen molar-refractivity contribution >= 4 is 5.78 Å². The summed E-state index contributed by atoms with van der Waals surface area (Å²) in [6.45, 7) is 5.14. The van der Waals surface area contributed by atoms with Gasteiger partial charge in [-0.3, -0.25) is 4.79 Å². The molecule has 3 unspecified atom stereocenters. The molecular formula is C13H24O4. The zero-order valence-corrected chi connectivity index (χ0v) is 11.1. The second-order valence-electron chi connectivity index (χ2n) is 5.10. The predicted octanol–water partition coefficient (Wildman–Crippen LogP) is 2.59. The maximum atomic E-state index is 11.4. The van der Waals surface area contributed by atoms with Crippen LogP contribution in [-0.4, -0.2) is 22.8 Å². The number of unbranched alkanes of at least 4 members (excludes halogenated alkanes) is 3. The van der Waals surface area contributed by atoms with Gasteiger partial charge in [0, 0.05) is 0 Å². The molecule has 0 aromatic heterocycles. The SMILES string of the molecule is CCCCCCC1CC(C(C)=O)C(C)(O)OO1. The summed E-state index contributed by atoms with van der Waals surface area (Å²) in [4.78, 5) is 21.5. The maximum Gasteiger partial charge on any atom is 0.206 e. The van der Waals surface area contributed by atoms with E-state index in [-0.39, 0.29) is 11.9 Å². The highest BCUT2D eigenvalue weighted by atomic mass is 17.2. The summed E-state index contributed by atoms with van der Waals surface area (Å²) in [5.41, 5.74) is 0. The van der Waals surface area contributed by atoms with Gasteiger partial charge in [-0.05, 0) is 26.7 Å². The van der Waals surface area contributed by atoms with Crippen molar-refractivity contribution in [2.45, 2.75) is 71.2 Å². The normalized spacial score (nSPS) is 33.6. The summed E-state index contributed by atoms with van der Waals surface area (Å²) in [5, 5.41) is 9.86. The molecule has 4 nitrogen and oxygen atoms in total. The van der Waals surface area contributed by atoms with Crippen molar-refractivity contribution in [2.75, 3.05) is 0 Å². The van der Waals surface area contributed by atoms with Gasteiger partial charge in [0.2, 0.25) is 5.79 Å². The molecule has 1 N–H and O–H groups in total. The lowest BCUT2D eigenvalue weighted by Crippen LogP contribution is -2.48. The van der Waals surface area contributed by atoms with E-state index in [0.29, 0.717) is 6.42 Å². The van der Waals surface area contributed by atoms with Crippen LogP contribution in [0.3, 0.4) is 0 Å². The zero-order valence-electron chi connectivity index (χ0n) is 11.1. The van der Waals surface area contributed by atoms with Crippen LogP contribution in [0.25, 0.3) is 0 Å². The third-order valence-electron chi connectivity index (χ3n) is 3.37. The molecule has 4 heteroatoms. The van der Waals surface area contributed by atoms with E-state index in [1.54, 1.807) is 0 Å². The highest BCUT2D eigenvalue weighted by Crippen LogP contribution is 2.33. The molecule has 17 heavy (non-hydrogen) atoms. The molecule has 3 atom stereocenters. The van der Waals surface area contributed by atoms with Crippen LogP contribution in [0.15, 0.2) is 0 Å². The maximum absolute atomic E-state index is 11.4. The Kier molecular flexibility index (Phi) is 5.56. The second-order valence-corrected chi connectivity index (χ2v) is 5.10. The molecule has 0 aliphatic carbocycles. The van der Waals surface area contributed by atoms with Gasteiger partial charge in [-0.2, -0.15) is 0 Å². The van der Waals surface area contributed by atoms with Gasteiger partial charge in [-0.1, -0.05) is 32.6 Å². The number of rotatable bonds is 6. The molecule has 0 saturated carbocycles. The van der Waals surface area contributed by atoms with Crippen LogP contribution in [0.4, 0.5) is 0 Å². The lowest BCUT2D eigenvalue weighted by Gasteiger charge is -2.37. The highest BCUT2D eigenvalue weighted by Gasteiger charge is 2.43. The van der Waals surface area contributed by atoms with E-state index in [4.69, 9.17) is 9.78 Å². The second kappa shape index (κ2) is 6.47. The predicted molar refractivity (Wildman–Crippen MR) is 64.1 cm³/mol. The van der Waals surface area contributed by atoms with Gasteiger partial charge in [0.05, 0.1) is 12.0 Å². The van der Waals surface area contributed by atoms with Crippen molar-refractivity contribution in [2.24, 2.45) is 5.92 Å². The minimum atomic E-state index is -1.48. The van der Waals surface area contributed by atoms with E-state index in [1.807, 2.05) is 0 Å². The fourth-order valence-electron chi connectivity index (χ4n) is 2.25. The Morgan fingerprint density at radius 2 is 2.12 bits per heavy atom. The van der Waals surface area contributed by atoms with Gasteiger partial charge < -0.3 is 5.11 Å². The number of Topliss-reactive ketones (excluding diaryl/α,β-unsaturated/α-hetero) is 1. The Bertz CT molecular complexity index is 250. The Morgan fingerprint density at radius 1 is 1.41 bits per heavy atom. The minimum Gasteiger partial charge on any atom is -0.363 e. The molecule has 0 spiro atoms.